The van der Waals surface area contributed by atoms with E-state index in [0.717, 1.165) is 44.9 Å². The Hall–Kier alpha value is -2.62. The molecule has 0 radical (unpaired) electrons. The van der Waals surface area contributed by atoms with Crippen LogP contribution in [0.5, 0.6) is 0 Å². The van der Waals surface area contributed by atoms with E-state index in [1.54, 1.807) is 10.7 Å². The standard InChI is InChI=1S/C19H21N5O/c20-11-17-12-21-24-9-8-23(19(17)24)15-18-14-22(7-4-10-25-18)13-16-5-2-1-3-6-16/h1-3,5-6,8-9,12,18H,4,7,10,13-15H2/t18-/m0/s1. The molecule has 3 aromatic rings. The van der Waals surface area contributed by atoms with Crippen molar-refractivity contribution in [2.24, 2.45) is 0 Å². The van der Waals surface area contributed by atoms with Gasteiger partial charge in [0.25, 0.3) is 0 Å². The number of benzene rings is 1. The summed E-state index contributed by atoms with van der Waals surface area (Å²) < 4.78 is 9.89. The van der Waals surface area contributed by atoms with Gasteiger partial charge < -0.3 is 9.30 Å². The molecule has 6 nitrogen and oxygen atoms in total. The van der Waals surface area contributed by atoms with Gasteiger partial charge in [-0.15, -0.1) is 0 Å². The molecule has 128 valence electrons. The normalized spacial score (nSPS) is 18.9. The Kier molecular flexibility index (Phi) is 4.51. The molecule has 0 saturated carbocycles. The SMILES string of the molecule is N#Cc1cnn2ccn(C[C@@H]3CN(Cc4ccccc4)CCCO3)c12. The lowest BCUT2D eigenvalue weighted by molar-refractivity contribution is 0.0422. The lowest BCUT2D eigenvalue weighted by atomic mass is 10.2. The highest BCUT2D eigenvalue weighted by Crippen LogP contribution is 2.16. The fourth-order valence-corrected chi connectivity index (χ4v) is 3.48. The van der Waals surface area contributed by atoms with Crippen molar-refractivity contribution in [1.82, 2.24) is 19.1 Å². The first-order chi connectivity index (χ1) is 12.3. The molecule has 25 heavy (non-hydrogen) atoms. The lowest BCUT2D eigenvalue weighted by Gasteiger charge is -2.24. The molecule has 0 amide bonds. The molecule has 1 saturated heterocycles. The van der Waals surface area contributed by atoms with Crippen LogP contribution in [0.1, 0.15) is 17.5 Å². The maximum atomic E-state index is 9.27. The third kappa shape index (κ3) is 3.43. The van der Waals surface area contributed by atoms with Crippen LogP contribution in [0.3, 0.4) is 0 Å². The molecule has 1 aromatic carbocycles. The third-order valence-electron chi connectivity index (χ3n) is 4.63. The van der Waals surface area contributed by atoms with E-state index in [4.69, 9.17) is 4.74 Å². The molecule has 0 aliphatic carbocycles. The van der Waals surface area contributed by atoms with Crippen molar-refractivity contribution < 1.29 is 4.74 Å². The van der Waals surface area contributed by atoms with Gasteiger partial charge in [-0.1, -0.05) is 30.3 Å². The van der Waals surface area contributed by atoms with Crippen molar-refractivity contribution in [2.75, 3.05) is 19.7 Å². The molecular formula is C19H21N5O. The first-order valence-electron chi connectivity index (χ1n) is 8.64. The van der Waals surface area contributed by atoms with Gasteiger partial charge in [-0.3, -0.25) is 4.90 Å². The monoisotopic (exact) mass is 335 g/mol. The number of rotatable bonds is 4. The minimum Gasteiger partial charge on any atom is -0.375 e. The summed E-state index contributed by atoms with van der Waals surface area (Å²) in [6.07, 6.45) is 6.61. The molecule has 0 spiro atoms. The summed E-state index contributed by atoms with van der Waals surface area (Å²) in [5, 5.41) is 13.5. The number of aromatic nitrogens is 3. The molecule has 0 unspecified atom stereocenters. The second kappa shape index (κ2) is 7.09. The van der Waals surface area contributed by atoms with Crippen LogP contribution in [0.15, 0.2) is 48.9 Å². The predicted molar refractivity (Wildman–Crippen MR) is 94.0 cm³/mol. The summed E-state index contributed by atoms with van der Waals surface area (Å²) in [6, 6.07) is 12.8. The third-order valence-corrected chi connectivity index (χ3v) is 4.63. The molecule has 0 bridgehead atoms. The van der Waals surface area contributed by atoms with Crippen molar-refractivity contribution in [2.45, 2.75) is 25.6 Å². The van der Waals surface area contributed by atoms with Crippen molar-refractivity contribution in [3.63, 3.8) is 0 Å². The van der Waals surface area contributed by atoms with Gasteiger partial charge in [0.05, 0.1) is 18.8 Å². The number of imidazole rings is 1. The second-order valence-electron chi connectivity index (χ2n) is 6.46. The van der Waals surface area contributed by atoms with Gasteiger partial charge in [0.15, 0.2) is 5.65 Å². The van der Waals surface area contributed by atoms with E-state index < -0.39 is 0 Å². The first kappa shape index (κ1) is 15.9. The van der Waals surface area contributed by atoms with E-state index in [1.807, 2.05) is 18.5 Å². The van der Waals surface area contributed by atoms with Gasteiger partial charge in [-0.2, -0.15) is 10.4 Å². The highest BCUT2D eigenvalue weighted by Gasteiger charge is 2.21. The zero-order valence-electron chi connectivity index (χ0n) is 14.1. The Balaban J connectivity index is 1.49. The van der Waals surface area contributed by atoms with Crippen LogP contribution >= 0.6 is 0 Å². The summed E-state index contributed by atoms with van der Waals surface area (Å²) in [5.41, 5.74) is 2.76. The average molecular weight is 335 g/mol. The van der Waals surface area contributed by atoms with E-state index >= 15 is 0 Å². The maximum Gasteiger partial charge on any atom is 0.153 e. The molecule has 1 aliphatic rings. The highest BCUT2D eigenvalue weighted by molar-refractivity contribution is 5.55. The topological polar surface area (TPSA) is 58.5 Å². The van der Waals surface area contributed by atoms with Crippen molar-refractivity contribution in [3.8, 4) is 6.07 Å². The first-order valence-corrected chi connectivity index (χ1v) is 8.64. The van der Waals surface area contributed by atoms with Crippen LogP contribution in [-0.4, -0.2) is 44.9 Å². The van der Waals surface area contributed by atoms with Crippen LogP contribution in [0.2, 0.25) is 0 Å². The van der Waals surface area contributed by atoms with E-state index in [0.29, 0.717) is 5.56 Å². The number of nitriles is 1. The van der Waals surface area contributed by atoms with Gasteiger partial charge >= 0.3 is 0 Å². The van der Waals surface area contributed by atoms with E-state index in [1.165, 1.54) is 5.56 Å². The van der Waals surface area contributed by atoms with Gasteiger partial charge in [-0.25, -0.2) is 4.52 Å². The fourth-order valence-electron chi connectivity index (χ4n) is 3.48. The summed E-state index contributed by atoms with van der Waals surface area (Å²) in [4.78, 5) is 2.45. The van der Waals surface area contributed by atoms with Crippen LogP contribution in [0.4, 0.5) is 0 Å². The summed E-state index contributed by atoms with van der Waals surface area (Å²) in [5.74, 6) is 0. The Morgan fingerprint density at radius 3 is 2.96 bits per heavy atom. The molecule has 6 heteroatoms. The maximum absolute atomic E-state index is 9.27. The number of ether oxygens (including phenoxy) is 1. The molecular weight excluding hydrogens is 314 g/mol. The van der Waals surface area contributed by atoms with Crippen molar-refractivity contribution in [3.05, 3.63) is 60.0 Å². The molecule has 3 heterocycles. The van der Waals surface area contributed by atoms with E-state index in [2.05, 4.69) is 44.9 Å². The number of hydrogen-bond acceptors (Lipinski definition) is 4. The average Bonchev–Trinajstić information content (AvgIpc) is 3.14. The lowest BCUT2D eigenvalue weighted by Crippen LogP contribution is -2.33. The molecule has 0 N–H and O–H groups in total. The molecule has 1 fully saturated rings. The largest absolute Gasteiger partial charge is 0.375 e. The number of nitrogens with zero attached hydrogens (tertiary/aromatic N) is 5. The summed E-state index contributed by atoms with van der Waals surface area (Å²) >= 11 is 0. The van der Waals surface area contributed by atoms with Crippen molar-refractivity contribution >= 4 is 5.65 Å². The molecule has 2 aromatic heterocycles. The van der Waals surface area contributed by atoms with Gasteiger partial charge in [0.1, 0.15) is 11.6 Å². The smallest absolute Gasteiger partial charge is 0.153 e. The predicted octanol–water partition coefficient (Wildman–Crippen LogP) is 2.30. The fraction of sp³-hybridized carbons (Fsp3) is 0.368. The quantitative estimate of drug-likeness (QED) is 0.734. The van der Waals surface area contributed by atoms with Crippen LogP contribution < -0.4 is 0 Å². The van der Waals surface area contributed by atoms with Crippen molar-refractivity contribution in [1.29, 1.82) is 5.26 Å². The Labute approximate surface area is 146 Å². The molecule has 1 aliphatic heterocycles. The Morgan fingerprint density at radius 2 is 2.12 bits per heavy atom. The number of fused-ring (bicyclic) bond motifs is 1. The zero-order chi connectivity index (χ0) is 17.1. The molecule has 4 rings (SSSR count). The van der Waals surface area contributed by atoms with Crippen LogP contribution in [-0.2, 0) is 17.8 Å². The van der Waals surface area contributed by atoms with Gasteiger partial charge in [0, 0.05) is 38.6 Å². The van der Waals surface area contributed by atoms with Gasteiger partial charge in [-0.05, 0) is 12.0 Å². The summed E-state index contributed by atoms with van der Waals surface area (Å²) in [7, 11) is 0. The minimum absolute atomic E-state index is 0.101. The Morgan fingerprint density at radius 1 is 1.24 bits per heavy atom. The minimum atomic E-state index is 0.101. The van der Waals surface area contributed by atoms with Crippen LogP contribution in [0, 0.1) is 11.3 Å². The Bertz CT molecular complexity index is 876. The highest BCUT2D eigenvalue weighted by atomic mass is 16.5. The van der Waals surface area contributed by atoms with E-state index in [-0.39, 0.29) is 6.10 Å². The number of hydrogen-bond donors (Lipinski definition) is 0. The zero-order valence-corrected chi connectivity index (χ0v) is 14.1. The summed E-state index contributed by atoms with van der Waals surface area (Å²) in [6.45, 7) is 4.37. The van der Waals surface area contributed by atoms with E-state index in [9.17, 15) is 5.26 Å². The second-order valence-corrected chi connectivity index (χ2v) is 6.46. The van der Waals surface area contributed by atoms with Gasteiger partial charge in [0.2, 0.25) is 0 Å². The molecule has 1 atom stereocenters. The van der Waals surface area contributed by atoms with Crippen LogP contribution in [0.25, 0.3) is 5.65 Å².